The second-order valence-corrected chi connectivity index (χ2v) is 7.48. The number of rotatable bonds is 3. The van der Waals surface area contributed by atoms with Gasteiger partial charge >= 0.3 is 6.18 Å². The van der Waals surface area contributed by atoms with Gasteiger partial charge in [-0.25, -0.2) is 4.98 Å². The minimum absolute atomic E-state index is 0.0850. The van der Waals surface area contributed by atoms with Gasteiger partial charge in [0.1, 0.15) is 12.2 Å². The molecule has 5 nitrogen and oxygen atoms in total. The van der Waals surface area contributed by atoms with Gasteiger partial charge in [-0.1, -0.05) is 6.07 Å². The number of nitrogens with one attached hydrogen (secondary N) is 1. The van der Waals surface area contributed by atoms with Crippen LogP contribution in [0.1, 0.15) is 11.3 Å². The first kappa shape index (κ1) is 18.0. The van der Waals surface area contributed by atoms with E-state index < -0.39 is 11.7 Å². The van der Waals surface area contributed by atoms with Gasteiger partial charge in [-0.2, -0.15) is 13.2 Å². The largest absolute Gasteiger partial charge is 0.416 e. The highest BCUT2D eigenvalue weighted by Crippen LogP contribution is 2.31. The highest BCUT2D eigenvalue weighted by atomic mass is 32.1. The molecule has 142 valence electrons. The van der Waals surface area contributed by atoms with Crippen LogP contribution in [0.4, 0.5) is 18.9 Å². The maximum atomic E-state index is 12.9. The third-order valence-corrected chi connectivity index (χ3v) is 5.55. The molecule has 1 aliphatic rings. The Morgan fingerprint density at radius 1 is 1.19 bits per heavy atom. The van der Waals surface area contributed by atoms with Crippen molar-refractivity contribution in [2.24, 2.45) is 0 Å². The molecule has 0 bridgehead atoms. The standard InChI is InChI=1S/C18H17F3N4OS/c19-18(20,21)13-2-1-3-15(10-13)24-6-4-23(5-7-24)12-14-11-16(26)25-8-9-27-17(25)22-14/h1-3,8-11H,4-7,12H2/p+1. The number of piperazine rings is 1. The van der Waals surface area contributed by atoms with E-state index in [2.05, 4.69) is 4.98 Å². The van der Waals surface area contributed by atoms with Crippen molar-refractivity contribution in [3.63, 3.8) is 0 Å². The fourth-order valence-electron chi connectivity index (χ4n) is 3.37. The van der Waals surface area contributed by atoms with Crippen molar-refractivity contribution in [1.82, 2.24) is 9.38 Å². The first-order valence-corrected chi connectivity index (χ1v) is 9.50. The highest BCUT2D eigenvalue weighted by molar-refractivity contribution is 7.15. The van der Waals surface area contributed by atoms with Gasteiger partial charge in [0.25, 0.3) is 5.56 Å². The zero-order valence-corrected chi connectivity index (χ0v) is 15.2. The molecule has 1 aliphatic heterocycles. The van der Waals surface area contributed by atoms with E-state index in [1.54, 1.807) is 18.3 Å². The lowest BCUT2D eigenvalue weighted by molar-refractivity contribution is -0.914. The topological polar surface area (TPSA) is 42.0 Å². The Morgan fingerprint density at radius 3 is 2.70 bits per heavy atom. The molecular weight excluding hydrogens is 377 g/mol. The van der Waals surface area contributed by atoms with Crippen LogP contribution in [0.25, 0.3) is 4.96 Å². The summed E-state index contributed by atoms with van der Waals surface area (Å²) in [6, 6.07) is 7.03. The van der Waals surface area contributed by atoms with Crippen LogP contribution in [-0.2, 0) is 12.7 Å². The molecule has 0 unspecified atom stereocenters. The average Bonchev–Trinajstić information content (AvgIpc) is 3.11. The molecule has 1 fully saturated rings. The Kier molecular flexibility index (Phi) is 4.65. The summed E-state index contributed by atoms with van der Waals surface area (Å²) in [6.45, 7) is 3.53. The number of aromatic nitrogens is 2. The van der Waals surface area contributed by atoms with Gasteiger partial charge in [-0.3, -0.25) is 9.20 Å². The number of halogens is 3. The van der Waals surface area contributed by atoms with Gasteiger partial charge in [-0.15, -0.1) is 11.3 Å². The minimum atomic E-state index is -4.33. The summed E-state index contributed by atoms with van der Waals surface area (Å²) in [7, 11) is 0. The fourth-order valence-corrected chi connectivity index (χ4v) is 4.11. The van der Waals surface area contributed by atoms with Crippen LogP contribution in [0, 0.1) is 0 Å². The summed E-state index contributed by atoms with van der Waals surface area (Å²) < 4.78 is 40.2. The van der Waals surface area contributed by atoms with Crippen LogP contribution in [0.2, 0.25) is 0 Å². The number of quaternary nitrogens is 1. The molecule has 27 heavy (non-hydrogen) atoms. The molecule has 9 heteroatoms. The Hall–Kier alpha value is -2.39. The van der Waals surface area contributed by atoms with E-state index in [0.717, 1.165) is 24.8 Å². The molecule has 0 atom stereocenters. The summed E-state index contributed by atoms with van der Waals surface area (Å²) >= 11 is 1.42. The number of alkyl halides is 3. The predicted molar refractivity (Wildman–Crippen MR) is 97.4 cm³/mol. The first-order valence-electron chi connectivity index (χ1n) is 8.62. The van der Waals surface area contributed by atoms with Crippen molar-refractivity contribution >= 4 is 22.0 Å². The van der Waals surface area contributed by atoms with Crippen LogP contribution < -0.4 is 15.4 Å². The van der Waals surface area contributed by atoms with E-state index in [9.17, 15) is 18.0 Å². The number of hydrogen-bond donors (Lipinski definition) is 1. The van der Waals surface area contributed by atoms with Gasteiger partial charge in [0.05, 0.1) is 31.7 Å². The van der Waals surface area contributed by atoms with E-state index >= 15 is 0 Å². The number of benzene rings is 1. The van der Waals surface area contributed by atoms with Gasteiger partial charge in [0, 0.05) is 23.3 Å². The lowest BCUT2D eigenvalue weighted by Crippen LogP contribution is -3.13. The molecule has 1 N–H and O–H groups in total. The normalized spacial score (nSPS) is 16.2. The molecule has 0 spiro atoms. The first-order chi connectivity index (χ1) is 12.9. The van der Waals surface area contributed by atoms with Crippen LogP contribution in [0.15, 0.2) is 46.7 Å². The number of nitrogens with zero attached hydrogens (tertiary/aromatic N) is 3. The molecular formula is C18H18F3N4OS+. The van der Waals surface area contributed by atoms with E-state index in [1.165, 1.54) is 32.8 Å². The molecule has 3 heterocycles. The Balaban J connectivity index is 1.42. The van der Waals surface area contributed by atoms with Crippen molar-refractivity contribution < 1.29 is 18.1 Å². The maximum Gasteiger partial charge on any atom is 0.416 e. The van der Waals surface area contributed by atoms with Crippen molar-refractivity contribution in [3.8, 4) is 0 Å². The van der Waals surface area contributed by atoms with Crippen molar-refractivity contribution in [1.29, 1.82) is 0 Å². The number of fused-ring (bicyclic) bond motifs is 1. The third kappa shape index (κ3) is 3.84. The molecule has 0 saturated carbocycles. The van der Waals surface area contributed by atoms with Crippen molar-refractivity contribution in [3.05, 3.63) is 63.5 Å². The summed E-state index contributed by atoms with van der Waals surface area (Å²) in [6.07, 6.45) is -2.62. The van der Waals surface area contributed by atoms with Crippen molar-refractivity contribution in [2.75, 3.05) is 31.1 Å². The number of anilines is 1. The summed E-state index contributed by atoms with van der Waals surface area (Å²) in [5, 5.41) is 1.83. The van der Waals surface area contributed by atoms with E-state index in [4.69, 9.17) is 0 Å². The lowest BCUT2D eigenvalue weighted by atomic mass is 10.1. The third-order valence-electron chi connectivity index (χ3n) is 4.80. The second-order valence-electron chi connectivity index (χ2n) is 6.60. The molecule has 0 radical (unpaired) electrons. The summed E-state index contributed by atoms with van der Waals surface area (Å²) in [4.78, 5) is 20.5. The highest BCUT2D eigenvalue weighted by Gasteiger charge is 2.31. The fraction of sp³-hybridized carbons (Fsp3) is 0.333. The predicted octanol–water partition coefficient (Wildman–Crippen LogP) is 1.68. The van der Waals surface area contributed by atoms with Gasteiger partial charge in [0.2, 0.25) is 0 Å². The molecule has 0 aliphatic carbocycles. The van der Waals surface area contributed by atoms with Gasteiger partial charge in [-0.05, 0) is 18.2 Å². The SMILES string of the molecule is O=c1cc(C[NH+]2CCN(c3cccc(C(F)(F)F)c3)CC2)nc2sccn12. The minimum Gasteiger partial charge on any atom is -0.360 e. The van der Waals surface area contributed by atoms with Gasteiger partial charge < -0.3 is 9.80 Å². The van der Waals surface area contributed by atoms with Crippen LogP contribution in [0.5, 0.6) is 0 Å². The number of hydrogen-bond acceptors (Lipinski definition) is 4. The van der Waals surface area contributed by atoms with Crippen LogP contribution in [-0.4, -0.2) is 35.6 Å². The van der Waals surface area contributed by atoms with E-state index in [0.29, 0.717) is 30.3 Å². The van der Waals surface area contributed by atoms with E-state index in [1.807, 2.05) is 10.3 Å². The maximum absolute atomic E-state index is 12.9. The Bertz CT molecular complexity index is 1010. The molecule has 4 rings (SSSR count). The van der Waals surface area contributed by atoms with Crippen LogP contribution in [0.3, 0.4) is 0 Å². The molecule has 1 saturated heterocycles. The summed E-state index contributed by atoms with van der Waals surface area (Å²) in [5.41, 5.74) is 0.646. The van der Waals surface area contributed by atoms with Crippen molar-refractivity contribution in [2.45, 2.75) is 12.7 Å². The van der Waals surface area contributed by atoms with Gasteiger partial charge in [0.15, 0.2) is 4.96 Å². The molecule has 0 amide bonds. The molecule has 3 aromatic rings. The molecule has 1 aromatic carbocycles. The second kappa shape index (κ2) is 6.97. The lowest BCUT2D eigenvalue weighted by Gasteiger charge is -2.33. The van der Waals surface area contributed by atoms with Crippen LogP contribution >= 0.6 is 11.3 Å². The summed E-state index contributed by atoms with van der Waals surface area (Å²) in [5.74, 6) is 0. The number of thiazole rings is 1. The molecule has 2 aromatic heterocycles. The Morgan fingerprint density at radius 2 is 1.96 bits per heavy atom. The average molecular weight is 395 g/mol. The zero-order chi connectivity index (χ0) is 19.0. The van der Waals surface area contributed by atoms with E-state index in [-0.39, 0.29) is 5.56 Å². The monoisotopic (exact) mass is 395 g/mol. The Labute approximate surface area is 157 Å². The smallest absolute Gasteiger partial charge is 0.360 e. The quantitative estimate of drug-likeness (QED) is 0.734. The zero-order valence-electron chi connectivity index (χ0n) is 14.4.